The highest BCUT2D eigenvalue weighted by molar-refractivity contribution is 9.10. The van der Waals surface area contributed by atoms with Crippen LogP contribution >= 0.6 is 15.9 Å². The molecule has 0 saturated carbocycles. The predicted octanol–water partition coefficient (Wildman–Crippen LogP) is 2.02. The fourth-order valence-electron chi connectivity index (χ4n) is 2.23. The highest BCUT2D eigenvalue weighted by Gasteiger charge is 2.28. The van der Waals surface area contributed by atoms with Crippen molar-refractivity contribution in [1.82, 2.24) is 4.98 Å². The van der Waals surface area contributed by atoms with Gasteiger partial charge in [0.25, 0.3) is 0 Å². The monoisotopic (exact) mass is 269 g/mol. The van der Waals surface area contributed by atoms with Crippen molar-refractivity contribution in [2.75, 3.05) is 18.0 Å². The highest BCUT2D eigenvalue weighted by Crippen LogP contribution is 2.29. The molecule has 0 bridgehead atoms. The van der Waals surface area contributed by atoms with Gasteiger partial charge in [0.05, 0.1) is 11.9 Å². The molecule has 82 valence electrons. The van der Waals surface area contributed by atoms with Crippen LogP contribution in [-0.2, 0) is 0 Å². The lowest BCUT2D eigenvalue weighted by Gasteiger charge is -2.23. The van der Waals surface area contributed by atoms with Crippen LogP contribution in [0.3, 0.4) is 0 Å². The van der Waals surface area contributed by atoms with Gasteiger partial charge in [-0.25, -0.2) is 0 Å². The van der Waals surface area contributed by atoms with E-state index in [2.05, 4.69) is 38.8 Å². The number of anilines is 1. The molecule has 0 aromatic carbocycles. The molecule has 0 radical (unpaired) electrons. The van der Waals surface area contributed by atoms with Crippen molar-refractivity contribution in [3.63, 3.8) is 0 Å². The van der Waals surface area contributed by atoms with Crippen LogP contribution in [-0.4, -0.2) is 24.1 Å². The van der Waals surface area contributed by atoms with E-state index in [1.54, 1.807) is 0 Å². The lowest BCUT2D eigenvalue weighted by atomic mass is 10.1. The summed E-state index contributed by atoms with van der Waals surface area (Å²) in [5.41, 5.74) is 6.90. The first-order valence-corrected chi connectivity index (χ1v) is 6.07. The fourth-order valence-corrected chi connectivity index (χ4v) is 2.58. The molecular weight excluding hydrogens is 254 g/mol. The van der Waals surface area contributed by atoms with Crippen molar-refractivity contribution in [3.8, 4) is 0 Å². The zero-order valence-corrected chi connectivity index (χ0v) is 10.4. The largest absolute Gasteiger partial charge is 0.367 e. The maximum absolute atomic E-state index is 5.71. The Hall–Kier alpha value is -0.610. The first-order valence-electron chi connectivity index (χ1n) is 5.28. The van der Waals surface area contributed by atoms with Gasteiger partial charge in [0.15, 0.2) is 0 Å². The number of halogens is 1. The fraction of sp³-hybridized carbons (Fsp3) is 0.545. The topological polar surface area (TPSA) is 42.1 Å². The average Bonchev–Trinajstić information content (AvgIpc) is 2.60. The third kappa shape index (κ3) is 2.32. The van der Waals surface area contributed by atoms with Gasteiger partial charge in [-0.05, 0) is 47.8 Å². The van der Waals surface area contributed by atoms with Crippen molar-refractivity contribution >= 4 is 21.6 Å². The van der Waals surface area contributed by atoms with Crippen LogP contribution in [0.15, 0.2) is 22.9 Å². The average molecular weight is 270 g/mol. The second-order valence-electron chi connectivity index (χ2n) is 4.20. The lowest BCUT2D eigenvalue weighted by Crippen LogP contribution is -2.27. The molecule has 2 rings (SSSR count). The number of rotatable bonds is 2. The summed E-state index contributed by atoms with van der Waals surface area (Å²) < 4.78 is 1.03. The molecule has 2 heterocycles. The zero-order chi connectivity index (χ0) is 10.8. The van der Waals surface area contributed by atoms with Crippen molar-refractivity contribution < 1.29 is 0 Å². The van der Waals surface area contributed by atoms with Gasteiger partial charge in [-0.3, -0.25) is 4.98 Å². The molecule has 1 aliphatic heterocycles. The Morgan fingerprint density at radius 2 is 2.40 bits per heavy atom. The maximum Gasteiger partial charge on any atom is 0.0566 e. The van der Waals surface area contributed by atoms with Gasteiger partial charge in [0, 0.05) is 23.3 Å². The van der Waals surface area contributed by atoms with Crippen LogP contribution in [0.4, 0.5) is 5.69 Å². The summed E-state index contributed by atoms with van der Waals surface area (Å²) >= 11 is 3.45. The molecule has 1 aromatic heterocycles. The minimum atomic E-state index is 0.564. The molecule has 4 heteroatoms. The maximum atomic E-state index is 5.71. The van der Waals surface area contributed by atoms with Crippen LogP contribution in [0.5, 0.6) is 0 Å². The van der Waals surface area contributed by atoms with Crippen LogP contribution in [0, 0.1) is 5.92 Å². The molecule has 1 fully saturated rings. The molecular formula is C11H16BrN3. The second-order valence-corrected chi connectivity index (χ2v) is 5.12. The molecule has 1 aromatic rings. The molecule has 1 aliphatic rings. The van der Waals surface area contributed by atoms with Crippen molar-refractivity contribution in [3.05, 3.63) is 22.9 Å². The zero-order valence-electron chi connectivity index (χ0n) is 8.86. The van der Waals surface area contributed by atoms with E-state index in [1.165, 1.54) is 12.1 Å². The van der Waals surface area contributed by atoms with Gasteiger partial charge < -0.3 is 10.6 Å². The Bertz CT molecular complexity index is 342. The van der Waals surface area contributed by atoms with Gasteiger partial charge in [-0.15, -0.1) is 0 Å². The van der Waals surface area contributed by atoms with Gasteiger partial charge in [-0.1, -0.05) is 0 Å². The highest BCUT2D eigenvalue weighted by atomic mass is 79.9. The van der Waals surface area contributed by atoms with Gasteiger partial charge in [0.1, 0.15) is 0 Å². The standard InChI is InChI=1S/C11H16BrN3/c1-8-2-9(4-13)7-15(8)11-3-10(12)5-14-6-11/h3,5-6,8-9H,2,4,7,13H2,1H3. The van der Waals surface area contributed by atoms with Crippen LogP contribution in [0.25, 0.3) is 0 Å². The van der Waals surface area contributed by atoms with Crippen molar-refractivity contribution in [2.24, 2.45) is 11.7 Å². The third-order valence-corrected chi connectivity index (χ3v) is 3.45. The van der Waals surface area contributed by atoms with E-state index in [0.717, 1.165) is 17.6 Å². The molecule has 3 nitrogen and oxygen atoms in total. The number of pyridine rings is 1. The van der Waals surface area contributed by atoms with Crippen LogP contribution < -0.4 is 10.6 Å². The molecule has 2 N–H and O–H groups in total. The van der Waals surface area contributed by atoms with Crippen molar-refractivity contribution in [1.29, 1.82) is 0 Å². The van der Waals surface area contributed by atoms with E-state index in [0.29, 0.717) is 12.0 Å². The van der Waals surface area contributed by atoms with Crippen LogP contribution in [0.1, 0.15) is 13.3 Å². The molecule has 2 unspecified atom stereocenters. The molecule has 1 saturated heterocycles. The normalized spacial score (nSPS) is 25.9. The van der Waals surface area contributed by atoms with E-state index in [9.17, 15) is 0 Å². The number of hydrogen-bond acceptors (Lipinski definition) is 3. The van der Waals surface area contributed by atoms with E-state index in [-0.39, 0.29) is 0 Å². The SMILES string of the molecule is CC1CC(CN)CN1c1cncc(Br)c1. The summed E-state index contributed by atoms with van der Waals surface area (Å²) in [6, 6.07) is 2.68. The third-order valence-electron chi connectivity index (χ3n) is 3.02. The van der Waals surface area contributed by atoms with Gasteiger partial charge in [-0.2, -0.15) is 0 Å². The second kappa shape index (κ2) is 4.49. The molecule has 0 aliphatic carbocycles. The number of aromatic nitrogens is 1. The van der Waals surface area contributed by atoms with E-state index >= 15 is 0 Å². The molecule has 15 heavy (non-hydrogen) atoms. The first-order chi connectivity index (χ1) is 7.20. The summed E-state index contributed by atoms with van der Waals surface area (Å²) in [7, 11) is 0. The Kier molecular flexibility index (Phi) is 3.26. The number of hydrogen-bond donors (Lipinski definition) is 1. The minimum Gasteiger partial charge on any atom is -0.367 e. The van der Waals surface area contributed by atoms with E-state index in [1.807, 2.05) is 12.4 Å². The van der Waals surface area contributed by atoms with E-state index in [4.69, 9.17) is 5.73 Å². The Morgan fingerprint density at radius 1 is 1.60 bits per heavy atom. The summed E-state index contributed by atoms with van der Waals surface area (Å²) in [6.45, 7) is 4.08. The first kappa shape index (κ1) is 10.9. The lowest BCUT2D eigenvalue weighted by molar-refractivity contribution is 0.579. The Labute approximate surface area is 98.8 Å². The summed E-state index contributed by atoms with van der Waals surface area (Å²) in [6.07, 6.45) is 4.91. The summed E-state index contributed by atoms with van der Waals surface area (Å²) in [5.74, 6) is 0.624. The minimum absolute atomic E-state index is 0.564. The van der Waals surface area contributed by atoms with E-state index < -0.39 is 0 Å². The quantitative estimate of drug-likeness (QED) is 0.894. The number of nitrogens with zero attached hydrogens (tertiary/aromatic N) is 2. The van der Waals surface area contributed by atoms with Crippen molar-refractivity contribution in [2.45, 2.75) is 19.4 Å². The van der Waals surface area contributed by atoms with Gasteiger partial charge >= 0.3 is 0 Å². The molecule has 0 spiro atoms. The smallest absolute Gasteiger partial charge is 0.0566 e. The summed E-state index contributed by atoms with van der Waals surface area (Å²) in [5, 5.41) is 0. The van der Waals surface area contributed by atoms with Gasteiger partial charge in [0.2, 0.25) is 0 Å². The Morgan fingerprint density at radius 3 is 3.00 bits per heavy atom. The predicted molar refractivity (Wildman–Crippen MR) is 65.9 cm³/mol. The molecule has 2 atom stereocenters. The Balaban J connectivity index is 2.17. The molecule has 0 amide bonds. The van der Waals surface area contributed by atoms with Crippen LogP contribution in [0.2, 0.25) is 0 Å². The summed E-state index contributed by atoms with van der Waals surface area (Å²) in [4.78, 5) is 6.58. The number of nitrogens with two attached hydrogens (primary N) is 1.